The van der Waals surface area contributed by atoms with Crippen LogP contribution in [-0.2, 0) is 34.1 Å². The van der Waals surface area contributed by atoms with Crippen molar-refractivity contribution in [1.82, 2.24) is 14.6 Å². The van der Waals surface area contributed by atoms with Crippen molar-refractivity contribution >= 4 is 15.9 Å². The van der Waals surface area contributed by atoms with E-state index in [1.54, 1.807) is 10.5 Å². The van der Waals surface area contributed by atoms with Crippen molar-refractivity contribution in [2.75, 3.05) is 25.9 Å². The Bertz CT molecular complexity index is 883. The fraction of sp³-hybridized carbons (Fsp3) is 0.429. The van der Waals surface area contributed by atoms with Gasteiger partial charge in [0, 0.05) is 37.9 Å². The minimum absolute atomic E-state index is 0.00303. The number of hydrogen-bond donors (Lipinski definition) is 1. The Morgan fingerprint density at radius 2 is 1.93 bits per heavy atom. The summed E-state index contributed by atoms with van der Waals surface area (Å²) in [7, 11) is -3.09. The van der Waals surface area contributed by atoms with Crippen molar-refractivity contribution in [3.63, 3.8) is 0 Å². The van der Waals surface area contributed by atoms with Gasteiger partial charge in [0.1, 0.15) is 0 Å². The highest BCUT2D eigenvalue weighted by molar-refractivity contribution is 7.88. The molecule has 7 heteroatoms. The number of hydrogen-bond acceptors (Lipinski definition) is 4. The lowest BCUT2D eigenvalue weighted by Gasteiger charge is -2.13. The molecule has 1 fully saturated rings. The molecular weight excluding hydrogens is 374 g/mol. The third-order valence-corrected chi connectivity index (χ3v) is 6.33. The standard InChI is InChI=1S/C21H27N3O3S/c1-28(26,27)24-13-10-19(16-24)14-17-5-7-18(8-6-17)15-21(25)23-12-9-20-4-2-3-11-22-20/h2-8,11,19H,9-10,12-16H2,1H3,(H,23,25). The highest BCUT2D eigenvalue weighted by atomic mass is 32.2. The molecule has 1 aromatic carbocycles. The number of pyridine rings is 1. The highest BCUT2D eigenvalue weighted by Gasteiger charge is 2.28. The predicted molar refractivity (Wildman–Crippen MR) is 109 cm³/mol. The molecule has 1 aliphatic rings. The molecular formula is C21H27N3O3S. The molecule has 3 rings (SSSR count). The van der Waals surface area contributed by atoms with Gasteiger partial charge < -0.3 is 5.32 Å². The molecule has 0 spiro atoms. The maximum absolute atomic E-state index is 12.1. The van der Waals surface area contributed by atoms with Crippen LogP contribution in [0.5, 0.6) is 0 Å². The molecule has 1 N–H and O–H groups in total. The summed E-state index contributed by atoms with van der Waals surface area (Å²) in [4.78, 5) is 16.3. The minimum Gasteiger partial charge on any atom is -0.355 e. The number of carbonyl (C=O) groups is 1. The molecule has 0 radical (unpaired) electrons. The van der Waals surface area contributed by atoms with Gasteiger partial charge in [0.25, 0.3) is 0 Å². The first-order chi connectivity index (χ1) is 13.4. The van der Waals surface area contributed by atoms with Crippen LogP contribution in [-0.4, -0.2) is 49.5 Å². The molecule has 1 saturated heterocycles. The Kier molecular flexibility index (Phi) is 6.80. The Hall–Kier alpha value is -2.25. The zero-order valence-electron chi connectivity index (χ0n) is 16.2. The summed E-state index contributed by atoms with van der Waals surface area (Å²) in [5.74, 6) is 0.360. The molecule has 1 atom stereocenters. The van der Waals surface area contributed by atoms with E-state index >= 15 is 0 Å². The number of amides is 1. The molecule has 2 heterocycles. The highest BCUT2D eigenvalue weighted by Crippen LogP contribution is 2.22. The van der Waals surface area contributed by atoms with Crippen LogP contribution in [0.3, 0.4) is 0 Å². The van der Waals surface area contributed by atoms with Crippen molar-refractivity contribution in [3.05, 3.63) is 65.5 Å². The molecule has 0 bridgehead atoms. The zero-order chi connectivity index (χ0) is 20.0. The monoisotopic (exact) mass is 401 g/mol. The average Bonchev–Trinajstić information content (AvgIpc) is 3.13. The second-order valence-corrected chi connectivity index (χ2v) is 9.38. The van der Waals surface area contributed by atoms with Crippen LogP contribution >= 0.6 is 0 Å². The Labute approximate surface area is 167 Å². The molecule has 1 aromatic heterocycles. The number of sulfonamides is 1. The second kappa shape index (κ2) is 9.30. The van der Waals surface area contributed by atoms with Gasteiger partial charge in [-0.2, -0.15) is 0 Å². The average molecular weight is 402 g/mol. The van der Waals surface area contributed by atoms with E-state index in [9.17, 15) is 13.2 Å². The second-order valence-electron chi connectivity index (χ2n) is 7.39. The normalized spacial score (nSPS) is 17.5. The van der Waals surface area contributed by atoms with Gasteiger partial charge in [-0.3, -0.25) is 9.78 Å². The largest absolute Gasteiger partial charge is 0.355 e. The lowest BCUT2D eigenvalue weighted by molar-refractivity contribution is -0.120. The van der Waals surface area contributed by atoms with Gasteiger partial charge >= 0.3 is 0 Å². The molecule has 28 heavy (non-hydrogen) atoms. The number of benzene rings is 1. The third-order valence-electron chi connectivity index (χ3n) is 5.06. The zero-order valence-corrected chi connectivity index (χ0v) is 17.0. The van der Waals surface area contributed by atoms with Crippen molar-refractivity contribution in [2.45, 2.75) is 25.7 Å². The maximum Gasteiger partial charge on any atom is 0.224 e. The summed E-state index contributed by atoms with van der Waals surface area (Å²) in [5, 5.41) is 2.93. The van der Waals surface area contributed by atoms with Crippen LogP contribution in [0.15, 0.2) is 48.7 Å². The molecule has 1 aliphatic heterocycles. The first-order valence-corrected chi connectivity index (χ1v) is 11.4. The number of carbonyl (C=O) groups excluding carboxylic acids is 1. The summed E-state index contributed by atoms with van der Waals surface area (Å²) < 4.78 is 24.8. The van der Waals surface area contributed by atoms with Crippen LogP contribution in [0.25, 0.3) is 0 Å². The fourth-order valence-corrected chi connectivity index (χ4v) is 4.43. The molecule has 1 amide bonds. The lowest BCUT2D eigenvalue weighted by Crippen LogP contribution is -2.27. The third kappa shape index (κ3) is 6.14. The van der Waals surface area contributed by atoms with Crippen LogP contribution < -0.4 is 5.32 Å². The summed E-state index contributed by atoms with van der Waals surface area (Å²) in [5.41, 5.74) is 3.12. The van der Waals surface area contributed by atoms with Crippen molar-refractivity contribution in [1.29, 1.82) is 0 Å². The predicted octanol–water partition coefficient (Wildman–Crippen LogP) is 1.81. The van der Waals surface area contributed by atoms with E-state index in [1.165, 1.54) is 11.8 Å². The summed E-state index contributed by atoms with van der Waals surface area (Å²) >= 11 is 0. The number of nitrogens with one attached hydrogen (secondary N) is 1. The summed E-state index contributed by atoms with van der Waals surface area (Å²) in [6.07, 6.45) is 5.86. The molecule has 150 valence electrons. The number of aromatic nitrogens is 1. The van der Waals surface area contributed by atoms with E-state index in [1.807, 2.05) is 42.5 Å². The van der Waals surface area contributed by atoms with Gasteiger partial charge in [0.2, 0.25) is 15.9 Å². The SMILES string of the molecule is CS(=O)(=O)N1CCC(Cc2ccc(CC(=O)NCCc3ccccn3)cc2)C1. The van der Waals surface area contributed by atoms with Crippen molar-refractivity contribution in [3.8, 4) is 0 Å². The molecule has 2 aromatic rings. The van der Waals surface area contributed by atoms with Gasteiger partial charge in [0.15, 0.2) is 0 Å². The van der Waals surface area contributed by atoms with Crippen LogP contribution in [0.2, 0.25) is 0 Å². The van der Waals surface area contributed by atoms with Gasteiger partial charge in [-0.15, -0.1) is 0 Å². The summed E-state index contributed by atoms with van der Waals surface area (Å²) in [6.45, 7) is 1.78. The first-order valence-electron chi connectivity index (χ1n) is 9.60. The van der Waals surface area contributed by atoms with Crippen molar-refractivity contribution in [2.24, 2.45) is 5.92 Å². The van der Waals surface area contributed by atoms with Crippen LogP contribution in [0.4, 0.5) is 0 Å². The van der Waals surface area contributed by atoms with Gasteiger partial charge in [-0.05, 0) is 42.0 Å². The fourth-order valence-electron chi connectivity index (χ4n) is 3.52. The van der Waals surface area contributed by atoms with E-state index in [-0.39, 0.29) is 5.91 Å². The topological polar surface area (TPSA) is 79.4 Å². The number of nitrogens with zero attached hydrogens (tertiary/aromatic N) is 2. The first kappa shape index (κ1) is 20.5. The van der Waals surface area contributed by atoms with Gasteiger partial charge in [0.05, 0.1) is 12.7 Å². The van der Waals surface area contributed by atoms with Gasteiger partial charge in [-0.1, -0.05) is 30.3 Å². The molecule has 6 nitrogen and oxygen atoms in total. The van der Waals surface area contributed by atoms with E-state index in [0.717, 1.165) is 30.5 Å². The molecule has 1 unspecified atom stereocenters. The smallest absolute Gasteiger partial charge is 0.224 e. The van der Waals surface area contributed by atoms with Crippen LogP contribution in [0.1, 0.15) is 23.2 Å². The van der Waals surface area contributed by atoms with E-state index in [2.05, 4.69) is 10.3 Å². The number of rotatable bonds is 8. The minimum atomic E-state index is -3.09. The van der Waals surface area contributed by atoms with E-state index < -0.39 is 10.0 Å². The summed E-state index contributed by atoms with van der Waals surface area (Å²) in [6, 6.07) is 13.8. The molecule has 0 aliphatic carbocycles. The van der Waals surface area contributed by atoms with E-state index in [4.69, 9.17) is 0 Å². The van der Waals surface area contributed by atoms with Gasteiger partial charge in [-0.25, -0.2) is 12.7 Å². The van der Waals surface area contributed by atoms with Crippen molar-refractivity contribution < 1.29 is 13.2 Å². The van der Waals surface area contributed by atoms with Crippen LogP contribution in [0, 0.1) is 5.92 Å². The Morgan fingerprint density at radius 1 is 1.18 bits per heavy atom. The van der Waals surface area contributed by atoms with E-state index in [0.29, 0.717) is 32.0 Å². The Morgan fingerprint density at radius 3 is 2.57 bits per heavy atom. The maximum atomic E-state index is 12.1. The lowest BCUT2D eigenvalue weighted by atomic mass is 9.97. The Balaban J connectivity index is 1.42. The molecule has 0 saturated carbocycles. The quantitative estimate of drug-likeness (QED) is 0.732.